The van der Waals surface area contributed by atoms with Crippen molar-refractivity contribution in [3.05, 3.63) is 35.4 Å². The quantitative estimate of drug-likeness (QED) is 0.880. The molecule has 2 rings (SSSR count). The van der Waals surface area contributed by atoms with Crippen molar-refractivity contribution < 1.29 is 9.90 Å². The minimum absolute atomic E-state index is 0.000714. The van der Waals surface area contributed by atoms with Crippen LogP contribution in [0.5, 0.6) is 0 Å². The first-order valence-electron chi connectivity index (χ1n) is 6.38. The molecule has 0 radical (unpaired) electrons. The molecular weight excluding hydrogens is 228 g/mol. The second-order valence-corrected chi connectivity index (χ2v) is 4.76. The summed E-state index contributed by atoms with van der Waals surface area (Å²) in [5.74, 6) is 0. The Balaban J connectivity index is 1.98. The van der Waals surface area contributed by atoms with Crippen LogP contribution in [0.4, 0.5) is 4.79 Å². The molecule has 0 aromatic heterocycles. The molecule has 18 heavy (non-hydrogen) atoms. The standard InChI is InChI=1S/C14H20N2O2/c1-3-11-4-6-12(7-5-11)13(17)10-16-9-8-15(2)14(16)18/h4-7,13,17H,3,8-10H2,1-2H3. The molecule has 1 atom stereocenters. The number of nitrogens with zero attached hydrogens (tertiary/aromatic N) is 2. The van der Waals surface area contributed by atoms with Gasteiger partial charge < -0.3 is 14.9 Å². The van der Waals surface area contributed by atoms with Gasteiger partial charge in [0.05, 0.1) is 12.6 Å². The smallest absolute Gasteiger partial charge is 0.319 e. The predicted molar refractivity (Wildman–Crippen MR) is 70.4 cm³/mol. The van der Waals surface area contributed by atoms with Crippen LogP contribution in [-0.4, -0.2) is 47.6 Å². The normalized spacial score (nSPS) is 17.4. The number of aryl methyl sites for hydroxylation is 1. The Morgan fingerprint density at radius 3 is 2.44 bits per heavy atom. The number of carbonyl (C=O) groups excluding carboxylic acids is 1. The largest absolute Gasteiger partial charge is 0.387 e. The molecule has 0 saturated carbocycles. The van der Waals surface area contributed by atoms with E-state index in [4.69, 9.17) is 0 Å². The third kappa shape index (κ3) is 2.64. The fourth-order valence-corrected chi connectivity index (χ4v) is 2.16. The highest BCUT2D eigenvalue weighted by Crippen LogP contribution is 2.17. The molecule has 98 valence electrons. The van der Waals surface area contributed by atoms with Crippen molar-refractivity contribution in [1.29, 1.82) is 0 Å². The lowest BCUT2D eigenvalue weighted by molar-refractivity contribution is 0.129. The lowest BCUT2D eigenvalue weighted by Crippen LogP contribution is -2.32. The molecule has 2 amide bonds. The first-order chi connectivity index (χ1) is 8.61. The van der Waals surface area contributed by atoms with Gasteiger partial charge in [-0.15, -0.1) is 0 Å². The predicted octanol–water partition coefficient (Wildman–Crippen LogP) is 1.65. The van der Waals surface area contributed by atoms with E-state index >= 15 is 0 Å². The van der Waals surface area contributed by atoms with Crippen LogP contribution < -0.4 is 0 Å². The van der Waals surface area contributed by atoms with E-state index in [2.05, 4.69) is 6.92 Å². The van der Waals surface area contributed by atoms with Crippen molar-refractivity contribution >= 4 is 6.03 Å². The van der Waals surface area contributed by atoms with Gasteiger partial charge in [0.1, 0.15) is 0 Å². The SMILES string of the molecule is CCc1ccc(C(O)CN2CCN(C)C2=O)cc1. The molecule has 1 N–H and O–H groups in total. The molecule has 1 unspecified atom stereocenters. The number of aliphatic hydroxyl groups is 1. The third-order valence-electron chi connectivity index (χ3n) is 3.47. The molecular formula is C14H20N2O2. The summed E-state index contributed by atoms with van der Waals surface area (Å²) in [4.78, 5) is 15.1. The molecule has 0 bridgehead atoms. The summed E-state index contributed by atoms with van der Waals surface area (Å²) in [6.07, 6.45) is 0.387. The number of β-amino-alcohol motifs (C(OH)–C–C–N with tert-alkyl or cyclic N) is 1. The highest BCUT2D eigenvalue weighted by atomic mass is 16.3. The van der Waals surface area contributed by atoms with Crippen LogP contribution in [0.2, 0.25) is 0 Å². The van der Waals surface area contributed by atoms with E-state index in [0.29, 0.717) is 13.1 Å². The van der Waals surface area contributed by atoms with Crippen LogP contribution in [0, 0.1) is 0 Å². The number of carbonyl (C=O) groups is 1. The molecule has 4 nitrogen and oxygen atoms in total. The monoisotopic (exact) mass is 248 g/mol. The van der Waals surface area contributed by atoms with Gasteiger partial charge in [0.2, 0.25) is 0 Å². The van der Waals surface area contributed by atoms with E-state index in [1.165, 1.54) is 5.56 Å². The zero-order valence-corrected chi connectivity index (χ0v) is 11.0. The molecule has 1 aliphatic heterocycles. The fourth-order valence-electron chi connectivity index (χ4n) is 2.16. The van der Waals surface area contributed by atoms with Gasteiger partial charge in [-0.05, 0) is 17.5 Å². The van der Waals surface area contributed by atoms with E-state index < -0.39 is 6.10 Å². The summed E-state index contributed by atoms with van der Waals surface area (Å²) >= 11 is 0. The molecule has 1 saturated heterocycles. The Hall–Kier alpha value is -1.55. The van der Waals surface area contributed by atoms with E-state index in [1.807, 2.05) is 24.3 Å². The zero-order valence-electron chi connectivity index (χ0n) is 11.0. The summed E-state index contributed by atoms with van der Waals surface area (Å²) in [6, 6.07) is 7.92. The van der Waals surface area contributed by atoms with Crippen LogP contribution in [0.3, 0.4) is 0 Å². The molecule has 1 aromatic rings. The molecule has 1 aliphatic rings. The second-order valence-electron chi connectivity index (χ2n) is 4.76. The van der Waals surface area contributed by atoms with E-state index in [9.17, 15) is 9.90 Å². The number of urea groups is 1. The molecule has 1 heterocycles. The second kappa shape index (κ2) is 5.40. The Kier molecular flexibility index (Phi) is 3.87. The van der Waals surface area contributed by atoms with Gasteiger partial charge in [0, 0.05) is 20.1 Å². The Morgan fingerprint density at radius 2 is 1.94 bits per heavy atom. The van der Waals surface area contributed by atoms with E-state index in [0.717, 1.165) is 18.5 Å². The van der Waals surface area contributed by atoms with Gasteiger partial charge in [-0.1, -0.05) is 31.2 Å². The Bertz CT molecular complexity index is 416. The molecule has 1 aromatic carbocycles. The average Bonchev–Trinajstić information content (AvgIpc) is 2.71. The number of aliphatic hydroxyl groups excluding tert-OH is 1. The summed E-state index contributed by atoms with van der Waals surface area (Å²) in [5.41, 5.74) is 2.12. The first-order valence-corrected chi connectivity index (χ1v) is 6.38. The van der Waals surface area contributed by atoms with Crippen LogP contribution in [0.1, 0.15) is 24.2 Å². The molecule has 0 aliphatic carbocycles. The van der Waals surface area contributed by atoms with Crippen molar-refractivity contribution in [3.8, 4) is 0 Å². The van der Waals surface area contributed by atoms with Gasteiger partial charge in [-0.3, -0.25) is 0 Å². The maximum Gasteiger partial charge on any atom is 0.319 e. The number of likely N-dealkylation sites (N-methyl/N-ethyl adjacent to an activating group) is 1. The van der Waals surface area contributed by atoms with Crippen molar-refractivity contribution in [2.45, 2.75) is 19.4 Å². The van der Waals surface area contributed by atoms with Crippen LogP contribution in [0.25, 0.3) is 0 Å². The Labute approximate surface area is 108 Å². The summed E-state index contributed by atoms with van der Waals surface area (Å²) in [5, 5.41) is 10.1. The fraction of sp³-hybridized carbons (Fsp3) is 0.500. The highest BCUT2D eigenvalue weighted by molar-refractivity contribution is 5.76. The highest BCUT2D eigenvalue weighted by Gasteiger charge is 2.27. The van der Waals surface area contributed by atoms with Gasteiger partial charge in [0.25, 0.3) is 0 Å². The minimum atomic E-state index is -0.605. The van der Waals surface area contributed by atoms with Crippen molar-refractivity contribution in [3.63, 3.8) is 0 Å². The lowest BCUT2D eigenvalue weighted by atomic mass is 10.1. The number of rotatable bonds is 4. The first kappa shape index (κ1) is 12.9. The van der Waals surface area contributed by atoms with Crippen molar-refractivity contribution in [2.75, 3.05) is 26.7 Å². The third-order valence-corrected chi connectivity index (χ3v) is 3.47. The maximum atomic E-state index is 11.7. The zero-order chi connectivity index (χ0) is 13.1. The van der Waals surface area contributed by atoms with Crippen LogP contribution in [-0.2, 0) is 6.42 Å². The van der Waals surface area contributed by atoms with Crippen LogP contribution >= 0.6 is 0 Å². The van der Waals surface area contributed by atoms with E-state index in [1.54, 1.807) is 16.8 Å². The van der Waals surface area contributed by atoms with Gasteiger partial charge in [-0.25, -0.2) is 4.79 Å². The lowest BCUT2D eigenvalue weighted by Gasteiger charge is -2.20. The number of benzene rings is 1. The van der Waals surface area contributed by atoms with Crippen molar-refractivity contribution in [1.82, 2.24) is 9.80 Å². The molecule has 1 fully saturated rings. The van der Waals surface area contributed by atoms with Gasteiger partial charge in [0.15, 0.2) is 0 Å². The molecule has 0 spiro atoms. The van der Waals surface area contributed by atoms with Gasteiger partial charge in [-0.2, -0.15) is 0 Å². The summed E-state index contributed by atoms with van der Waals surface area (Å²) in [6.45, 7) is 3.90. The van der Waals surface area contributed by atoms with Crippen molar-refractivity contribution in [2.24, 2.45) is 0 Å². The van der Waals surface area contributed by atoms with Gasteiger partial charge >= 0.3 is 6.03 Å². The number of hydrogen-bond acceptors (Lipinski definition) is 2. The topological polar surface area (TPSA) is 43.8 Å². The summed E-state index contributed by atoms with van der Waals surface area (Å²) in [7, 11) is 1.78. The maximum absolute atomic E-state index is 11.7. The summed E-state index contributed by atoms with van der Waals surface area (Å²) < 4.78 is 0. The number of hydrogen-bond donors (Lipinski definition) is 1. The molecule has 4 heteroatoms. The average molecular weight is 248 g/mol. The van der Waals surface area contributed by atoms with Crippen LogP contribution in [0.15, 0.2) is 24.3 Å². The minimum Gasteiger partial charge on any atom is -0.387 e. The van der Waals surface area contributed by atoms with E-state index in [-0.39, 0.29) is 6.03 Å². The number of amides is 2. The Morgan fingerprint density at radius 1 is 1.28 bits per heavy atom.